The fourth-order valence-electron chi connectivity index (χ4n) is 3.62. The summed E-state index contributed by atoms with van der Waals surface area (Å²) < 4.78 is 1.83. The zero-order chi connectivity index (χ0) is 22.3. The Morgan fingerprint density at radius 1 is 0.969 bits per heavy atom. The molecule has 6 heteroatoms. The molecule has 0 aliphatic carbocycles. The van der Waals surface area contributed by atoms with E-state index in [0.29, 0.717) is 24.2 Å². The normalized spacial score (nSPS) is 10.8. The fraction of sp³-hybridized carbons (Fsp3) is 0.192. The molecule has 0 atom stereocenters. The Balaban J connectivity index is 1.31. The standard InChI is InChI=1S/C26H27N5O/c1-19-7-5-6-8-20(19)15-16-31-18-23(29-30-31)12-14-26(32)28-25-17-22(11-13-24(25)27)21-9-3-2-4-10-21/h2-11,13,17-18H,12,14-16,27H2,1H3,(H,28,32). The van der Waals surface area contributed by atoms with Gasteiger partial charge in [0.2, 0.25) is 5.91 Å². The van der Waals surface area contributed by atoms with Crippen LogP contribution in [0.15, 0.2) is 79.0 Å². The second-order valence-corrected chi connectivity index (χ2v) is 7.87. The maximum absolute atomic E-state index is 12.5. The number of amides is 1. The molecule has 3 N–H and O–H groups in total. The van der Waals surface area contributed by atoms with Crippen molar-refractivity contribution >= 4 is 17.3 Å². The summed E-state index contributed by atoms with van der Waals surface area (Å²) in [5.74, 6) is -0.101. The lowest BCUT2D eigenvalue weighted by molar-refractivity contribution is -0.116. The maximum atomic E-state index is 12.5. The number of anilines is 2. The van der Waals surface area contributed by atoms with Gasteiger partial charge >= 0.3 is 0 Å². The van der Waals surface area contributed by atoms with E-state index in [-0.39, 0.29) is 5.91 Å². The smallest absolute Gasteiger partial charge is 0.224 e. The van der Waals surface area contributed by atoms with E-state index in [1.807, 2.05) is 65.5 Å². The minimum Gasteiger partial charge on any atom is -0.397 e. The third kappa shape index (κ3) is 5.40. The van der Waals surface area contributed by atoms with E-state index in [1.165, 1.54) is 11.1 Å². The summed E-state index contributed by atoms with van der Waals surface area (Å²) in [4.78, 5) is 12.5. The third-order valence-corrected chi connectivity index (χ3v) is 5.50. The highest BCUT2D eigenvalue weighted by molar-refractivity contribution is 5.95. The Bertz CT molecular complexity index is 1200. The molecule has 0 radical (unpaired) electrons. The van der Waals surface area contributed by atoms with Crippen molar-refractivity contribution in [3.63, 3.8) is 0 Å². The van der Waals surface area contributed by atoms with E-state index < -0.39 is 0 Å². The summed E-state index contributed by atoms with van der Waals surface area (Å²) in [5.41, 5.74) is 12.7. The summed E-state index contributed by atoms with van der Waals surface area (Å²) in [5, 5.41) is 11.3. The molecule has 1 aromatic heterocycles. The second-order valence-electron chi connectivity index (χ2n) is 7.87. The Morgan fingerprint density at radius 3 is 2.56 bits per heavy atom. The molecule has 1 amide bonds. The molecule has 4 aromatic rings. The van der Waals surface area contributed by atoms with Crippen molar-refractivity contribution in [2.45, 2.75) is 32.7 Å². The monoisotopic (exact) mass is 425 g/mol. The summed E-state index contributed by atoms with van der Waals surface area (Å²) in [6.45, 7) is 2.87. The molecule has 0 unspecified atom stereocenters. The number of rotatable bonds is 8. The number of carbonyl (C=O) groups is 1. The molecule has 0 bridgehead atoms. The molecule has 0 spiro atoms. The summed E-state index contributed by atoms with van der Waals surface area (Å²) in [6, 6.07) is 24.0. The van der Waals surface area contributed by atoms with E-state index in [4.69, 9.17) is 5.73 Å². The van der Waals surface area contributed by atoms with Crippen LogP contribution in [0.5, 0.6) is 0 Å². The Morgan fingerprint density at radius 2 is 1.75 bits per heavy atom. The highest BCUT2D eigenvalue weighted by Gasteiger charge is 2.10. The molecule has 0 saturated carbocycles. The first kappa shape index (κ1) is 21.3. The van der Waals surface area contributed by atoms with Gasteiger partial charge in [-0.1, -0.05) is 65.9 Å². The number of aryl methyl sites for hydroxylation is 4. The van der Waals surface area contributed by atoms with Crippen LogP contribution in [0.3, 0.4) is 0 Å². The number of hydrogen-bond acceptors (Lipinski definition) is 4. The average Bonchev–Trinajstić information content (AvgIpc) is 3.27. The SMILES string of the molecule is Cc1ccccc1CCn1cc(CCC(=O)Nc2cc(-c3ccccc3)ccc2N)nn1. The lowest BCUT2D eigenvalue weighted by Crippen LogP contribution is -2.13. The molecule has 3 aromatic carbocycles. The Labute approximate surface area is 188 Å². The lowest BCUT2D eigenvalue weighted by atomic mass is 10.0. The largest absolute Gasteiger partial charge is 0.397 e. The van der Waals surface area contributed by atoms with Gasteiger partial charge in [0.25, 0.3) is 0 Å². The van der Waals surface area contributed by atoms with Gasteiger partial charge in [-0.3, -0.25) is 9.48 Å². The molecule has 6 nitrogen and oxygen atoms in total. The summed E-state index contributed by atoms with van der Waals surface area (Å²) >= 11 is 0. The third-order valence-electron chi connectivity index (χ3n) is 5.50. The van der Waals surface area contributed by atoms with E-state index in [1.54, 1.807) is 0 Å². The van der Waals surface area contributed by atoms with Gasteiger partial charge in [0.05, 0.1) is 17.1 Å². The van der Waals surface area contributed by atoms with Crippen molar-refractivity contribution in [3.8, 4) is 11.1 Å². The first-order valence-electron chi connectivity index (χ1n) is 10.8. The van der Waals surface area contributed by atoms with Gasteiger partial charge in [0.15, 0.2) is 0 Å². The maximum Gasteiger partial charge on any atom is 0.224 e. The van der Waals surface area contributed by atoms with Crippen molar-refractivity contribution in [2.24, 2.45) is 0 Å². The molecule has 0 aliphatic rings. The number of nitrogens with two attached hydrogens (primary N) is 1. The predicted molar refractivity (Wildman–Crippen MR) is 128 cm³/mol. The van der Waals surface area contributed by atoms with Crippen LogP contribution in [0.2, 0.25) is 0 Å². The lowest BCUT2D eigenvalue weighted by Gasteiger charge is -2.10. The number of nitrogen functional groups attached to an aromatic ring is 1. The van der Waals surface area contributed by atoms with Crippen molar-refractivity contribution in [1.29, 1.82) is 0 Å². The van der Waals surface area contributed by atoms with E-state index in [2.05, 4.69) is 40.8 Å². The van der Waals surface area contributed by atoms with Gasteiger partial charge in [-0.2, -0.15) is 0 Å². The van der Waals surface area contributed by atoms with Crippen molar-refractivity contribution in [3.05, 3.63) is 95.8 Å². The molecule has 1 heterocycles. The minimum absolute atomic E-state index is 0.101. The van der Waals surface area contributed by atoms with Gasteiger partial charge in [-0.15, -0.1) is 5.10 Å². The van der Waals surface area contributed by atoms with Crippen molar-refractivity contribution in [2.75, 3.05) is 11.1 Å². The quantitative estimate of drug-likeness (QED) is 0.402. The summed E-state index contributed by atoms with van der Waals surface area (Å²) in [6.07, 6.45) is 3.64. The minimum atomic E-state index is -0.101. The molecule has 32 heavy (non-hydrogen) atoms. The molecular weight excluding hydrogens is 398 g/mol. The zero-order valence-corrected chi connectivity index (χ0v) is 18.2. The number of hydrogen-bond donors (Lipinski definition) is 2. The molecule has 162 valence electrons. The van der Waals surface area contributed by atoms with Gasteiger partial charge in [0, 0.05) is 25.6 Å². The van der Waals surface area contributed by atoms with Gasteiger partial charge < -0.3 is 11.1 Å². The van der Waals surface area contributed by atoms with Crippen LogP contribution >= 0.6 is 0 Å². The van der Waals surface area contributed by atoms with E-state index in [0.717, 1.165) is 29.8 Å². The number of aromatic nitrogens is 3. The number of carbonyl (C=O) groups excluding carboxylic acids is 1. The Hall–Kier alpha value is -3.93. The zero-order valence-electron chi connectivity index (χ0n) is 18.2. The highest BCUT2D eigenvalue weighted by atomic mass is 16.1. The average molecular weight is 426 g/mol. The van der Waals surface area contributed by atoms with Crippen molar-refractivity contribution < 1.29 is 4.79 Å². The molecule has 0 fully saturated rings. The first-order valence-corrected chi connectivity index (χ1v) is 10.8. The number of benzene rings is 3. The van der Waals surface area contributed by atoms with Gasteiger partial charge in [-0.05, 0) is 47.7 Å². The van der Waals surface area contributed by atoms with Crippen LogP contribution in [0.4, 0.5) is 11.4 Å². The van der Waals surface area contributed by atoms with Crippen LogP contribution < -0.4 is 11.1 Å². The molecule has 0 aliphatic heterocycles. The molecular formula is C26H27N5O. The van der Waals surface area contributed by atoms with Crippen LogP contribution in [0.1, 0.15) is 23.2 Å². The summed E-state index contributed by atoms with van der Waals surface area (Å²) in [7, 11) is 0. The second kappa shape index (κ2) is 9.92. The predicted octanol–water partition coefficient (Wildman–Crippen LogP) is 4.65. The van der Waals surface area contributed by atoms with Crippen LogP contribution in [0.25, 0.3) is 11.1 Å². The Kier molecular flexibility index (Phi) is 6.60. The highest BCUT2D eigenvalue weighted by Crippen LogP contribution is 2.27. The van der Waals surface area contributed by atoms with E-state index in [9.17, 15) is 4.79 Å². The number of nitrogens with one attached hydrogen (secondary N) is 1. The van der Waals surface area contributed by atoms with Crippen LogP contribution in [0, 0.1) is 6.92 Å². The molecule has 0 saturated heterocycles. The molecule has 4 rings (SSSR count). The van der Waals surface area contributed by atoms with Gasteiger partial charge in [0.1, 0.15) is 0 Å². The van der Waals surface area contributed by atoms with Crippen molar-refractivity contribution in [1.82, 2.24) is 15.0 Å². The first-order chi connectivity index (χ1) is 15.6. The number of nitrogens with zero attached hydrogens (tertiary/aromatic N) is 3. The fourth-order valence-corrected chi connectivity index (χ4v) is 3.62. The van der Waals surface area contributed by atoms with Crippen LogP contribution in [-0.2, 0) is 24.2 Å². The van der Waals surface area contributed by atoms with Gasteiger partial charge in [-0.25, -0.2) is 0 Å². The van der Waals surface area contributed by atoms with E-state index >= 15 is 0 Å². The van der Waals surface area contributed by atoms with Crippen LogP contribution in [-0.4, -0.2) is 20.9 Å². The topological polar surface area (TPSA) is 85.8 Å².